The number of rotatable bonds is 3. The molecular weight excluding hydrogens is 248 g/mol. The summed E-state index contributed by atoms with van der Waals surface area (Å²) in [5.74, 6) is 0. The Balaban J connectivity index is 1.86. The molecule has 0 aliphatic heterocycles. The van der Waals surface area contributed by atoms with Crippen molar-refractivity contribution >= 4 is 23.3 Å². The Morgan fingerprint density at radius 1 is 1.06 bits per heavy atom. The van der Waals surface area contributed by atoms with Crippen molar-refractivity contribution in [3.05, 3.63) is 65.2 Å². The number of hydrogen-bond acceptors (Lipinski definition) is 1. The lowest BCUT2D eigenvalue weighted by Gasteiger charge is -2.07. The third-order valence-corrected chi connectivity index (χ3v) is 2.61. The molecule has 2 rings (SSSR count). The summed E-state index contributed by atoms with van der Waals surface area (Å²) in [7, 11) is 0. The van der Waals surface area contributed by atoms with Crippen molar-refractivity contribution in [3.8, 4) is 0 Å². The second kappa shape index (κ2) is 6.07. The minimum absolute atomic E-state index is 0.249. The van der Waals surface area contributed by atoms with E-state index in [9.17, 15) is 4.79 Å². The normalized spacial score (nSPS) is 9.83. The summed E-state index contributed by atoms with van der Waals surface area (Å²) < 4.78 is 0. The molecule has 0 heterocycles. The predicted octanol–water partition coefficient (Wildman–Crippen LogP) is 3.66. The van der Waals surface area contributed by atoms with E-state index < -0.39 is 0 Å². The van der Waals surface area contributed by atoms with E-state index in [1.54, 1.807) is 24.3 Å². The molecular formula is C14H13ClN2O. The second-order valence-corrected chi connectivity index (χ2v) is 4.24. The lowest BCUT2D eigenvalue weighted by Crippen LogP contribution is -2.28. The van der Waals surface area contributed by atoms with Gasteiger partial charge < -0.3 is 10.6 Å². The van der Waals surface area contributed by atoms with Crippen molar-refractivity contribution < 1.29 is 4.79 Å². The minimum atomic E-state index is -0.249. The van der Waals surface area contributed by atoms with Gasteiger partial charge in [0.2, 0.25) is 0 Å². The summed E-state index contributed by atoms with van der Waals surface area (Å²) in [6.07, 6.45) is 0. The molecule has 0 unspecified atom stereocenters. The minimum Gasteiger partial charge on any atom is -0.334 e. The molecule has 2 N–H and O–H groups in total. The van der Waals surface area contributed by atoms with Crippen molar-refractivity contribution in [2.24, 2.45) is 0 Å². The van der Waals surface area contributed by atoms with Gasteiger partial charge in [0, 0.05) is 17.3 Å². The van der Waals surface area contributed by atoms with Gasteiger partial charge in [-0.05, 0) is 23.8 Å². The monoisotopic (exact) mass is 260 g/mol. The van der Waals surface area contributed by atoms with Crippen LogP contribution in [-0.4, -0.2) is 6.03 Å². The van der Waals surface area contributed by atoms with Crippen LogP contribution in [0.25, 0.3) is 0 Å². The summed E-state index contributed by atoms with van der Waals surface area (Å²) in [6, 6.07) is 16.5. The Bertz CT molecular complexity index is 528. The molecule has 2 aromatic carbocycles. The van der Waals surface area contributed by atoms with Gasteiger partial charge in [0.15, 0.2) is 0 Å². The fraction of sp³-hybridized carbons (Fsp3) is 0.0714. The predicted molar refractivity (Wildman–Crippen MR) is 73.8 cm³/mol. The van der Waals surface area contributed by atoms with Crippen LogP contribution in [-0.2, 0) is 6.54 Å². The Kier molecular flexibility index (Phi) is 4.20. The number of nitrogens with one attached hydrogen (secondary N) is 2. The van der Waals surface area contributed by atoms with E-state index in [4.69, 9.17) is 11.6 Å². The average molecular weight is 261 g/mol. The Morgan fingerprint density at radius 3 is 2.56 bits per heavy atom. The van der Waals surface area contributed by atoms with Crippen molar-refractivity contribution in [1.82, 2.24) is 5.32 Å². The number of anilines is 1. The SMILES string of the molecule is O=C(NCc1ccccc1)Nc1cccc(Cl)c1. The molecule has 18 heavy (non-hydrogen) atoms. The number of carbonyl (C=O) groups excluding carboxylic acids is 1. The highest BCUT2D eigenvalue weighted by Gasteiger charge is 2.01. The fourth-order valence-electron chi connectivity index (χ4n) is 1.52. The zero-order chi connectivity index (χ0) is 12.8. The molecule has 0 bridgehead atoms. The summed E-state index contributed by atoms with van der Waals surface area (Å²) in [4.78, 5) is 11.6. The van der Waals surface area contributed by atoms with Crippen molar-refractivity contribution in [2.45, 2.75) is 6.54 Å². The van der Waals surface area contributed by atoms with Crippen LogP contribution < -0.4 is 10.6 Å². The van der Waals surface area contributed by atoms with E-state index in [0.29, 0.717) is 17.3 Å². The smallest absolute Gasteiger partial charge is 0.319 e. The largest absolute Gasteiger partial charge is 0.334 e. The molecule has 0 aliphatic carbocycles. The molecule has 0 spiro atoms. The molecule has 0 aliphatic rings. The zero-order valence-electron chi connectivity index (χ0n) is 9.69. The van der Waals surface area contributed by atoms with Gasteiger partial charge in [0.05, 0.1) is 0 Å². The molecule has 92 valence electrons. The maximum absolute atomic E-state index is 11.6. The number of urea groups is 1. The van der Waals surface area contributed by atoms with Gasteiger partial charge in [-0.3, -0.25) is 0 Å². The fourth-order valence-corrected chi connectivity index (χ4v) is 1.71. The Hall–Kier alpha value is -2.00. The van der Waals surface area contributed by atoms with E-state index in [-0.39, 0.29) is 6.03 Å². The third-order valence-electron chi connectivity index (χ3n) is 2.38. The quantitative estimate of drug-likeness (QED) is 0.869. The van der Waals surface area contributed by atoms with Gasteiger partial charge in [-0.15, -0.1) is 0 Å². The summed E-state index contributed by atoms with van der Waals surface area (Å²) in [5, 5.41) is 6.09. The second-order valence-electron chi connectivity index (χ2n) is 3.80. The first-order chi connectivity index (χ1) is 8.74. The molecule has 0 aromatic heterocycles. The molecule has 2 aromatic rings. The maximum atomic E-state index is 11.6. The first-order valence-electron chi connectivity index (χ1n) is 5.58. The zero-order valence-corrected chi connectivity index (χ0v) is 10.4. The molecule has 0 radical (unpaired) electrons. The first-order valence-corrected chi connectivity index (χ1v) is 5.96. The van der Waals surface area contributed by atoms with Crippen LogP contribution in [0.15, 0.2) is 54.6 Å². The third kappa shape index (κ3) is 3.79. The van der Waals surface area contributed by atoms with E-state index in [2.05, 4.69) is 10.6 Å². The van der Waals surface area contributed by atoms with Crippen LogP contribution in [0.1, 0.15) is 5.56 Å². The van der Waals surface area contributed by atoms with Crippen LogP contribution in [0, 0.1) is 0 Å². The van der Waals surface area contributed by atoms with E-state index in [1.807, 2.05) is 30.3 Å². The van der Waals surface area contributed by atoms with Gasteiger partial charge >= 0.3 is 6.03 Å². The van der Waals surface area contributed by atoms with E-state index in [1.165, 1.54) is 0 Å². The molecule has 2 amide bonds. The molecule has 0 atom stereocenters. The molecule has 0 fully saturated rings. The highest BCUT2D eigenvalue weighted by atomic mass is 35.5. The molecule has 3 nitrogen and oxygen atoms in total. The van der Waals surface area contributed by atoms with Crippen LogP contribution in [0.4, 0.5) is 10.5 Å². The highest BCUT2D eigenvalue weighted by Crippen LogP contribution is 2.14. The van der Waals surface area contributed by atoms with Crippen LogP contribution in [0.2, 0.25) is 5.02 Å². The van der Waals surface area contributed by atoms with Crippen LogP contribution >= 0.6 is 11.6 Å². The van der Waals surface area contributed by atoms with Gasteiger partial charge in [-0.1, -0.05) is 48.0 Å². The number of hydrogen-bond donors (Lipinski definition) is 2. The number of amides is 2. The van der Waals surface area contributed by atoms with E-state index in [0.717, 1.165) is 5.56 Å². The van der Waals surface area contributed by atoms with Gasteiger partial charge in [0.25, 0.3) is 0 Å². The highest BCUT2D eigenvalue weighted by molar-refractivity contribution is 6.30. The van der Waals surface area contributed by atoms with Gasteiger partial charge in [-0.25, -0.2) is 4.79 Å². The first kappa shape index (κ1) is 12.5. The standard InChI is InChI=1S/C14H13ClN2O/c15-12-7-4-8-13(9-12)17-14(18)16-10-11-5-2-1-3-6-11/h1-9H,10H2,(H2,16,17,18). The number of halogens is 1. The average Bonchev–Trinajstić information content (AvgIpc) is 2.38. The maximum Gasteiger partial charge on any atom is 0.319 e. The van der Waals surface area contributed by atoms with E-state index >= 15 is 0 Å². The molecule has 0 saturated heterocycles. The summed E-state index contributed by atoms with van der Waals surface area (Å²) >= 11 is 5.83. The lowest BCUT2D eigenvalue weighted by molar-refractivity contribution is 0.251. The summed E-state index contributed by atoms with van der Waals surface area (Å²) in [6.45, 7) is 0.493. The number of carbonyl (C=O) groups is 1. The van der Waals surface area contributed by atoms with Crippen LogP contribution in [0.3, 0.4) is 0 Å². The Labute approximate surface area is 111 Å². The number of benzene rings is 2. The Morgan fingerprint density at radius 2 is 1.83 bits per heavy atom. The van der Waals surface area contributed by atoms with Crippen molar-refractivity contribution in [1.29, 1.82) is 0 Å². The van der Waals surface area contributed by atoms with Gasteiger partial charge in [0.1, 0.15) is 0 Å². The van der Waals surface area contributed by atoms with Crippen LogP contribution in [0.5, 0.6) is 0 Å². The summed E-state index contributed by atoms with van der Waals surface area (Å²) in [5.41, 5.74) is 1.73. The van der Waals surface area contributed by atoms with Crippen molar-refractivity contribution in [2.75, 3.05) is 5.32 Å². The van der Waals surface area contributed by atoms with Crippen molar-refractivity contribution in [3.63, 3.8) is 0 Å². The lowest BCUT2D eigenvalue weighted by atomic mass is 10.2. The molecule has 4 heteroatoms. The van der Waals surface area contributed by atoms with Gasteiger partial charge in [-0.2, -0.15) is 0 Å². The molecule has 0 saturated carbocycles. The topological polar surface area (TPSA) is 41.1 Å².